The molecule has 0 atom stereocenters. The Morgan fingerprint density at radius 2 is 2.50 bits per heavy atom. The molecule has 12 heavy (non-hydrogen) atoms. The van der Waals surface area contributed by atoms with E-state index in [1.165, 1.54) is 6.21 Å². The second kappa shape index (κ2) is 4.09. The minimum Gasteiger partial charge on any atom is -0.384 e. The molecule has 0 bridgehead atoms. The van der Waals surface area contributed by atoms with E-state index in [2.05, 4.69) is 9.98 Å². The average molecular weight is 160 g/mol. The molecular weight excluding hydrogens is 152 g/mol. The van der Waals surface area contributed by atoms with Crippen LogP contribution < -0.4 is 5.73 Å². The van der Waals surface area contributed by atoms with Gasteiger partial charge in [0.05, 0.1) is 24.4 Å². The third kappa shape index (κ3) is 2.39. The smallest absolute Gasteiger partial charge is 0.123 e. The summed E-state index contributed by atoms with van der Waals surface area (Å²) in [6.07, 6.45) is 3.40. The number of aliphatic imine (C=N–C) groups is 1. The number of nitrogens with two attached hydrogens (primary N) is 1. The molecule has 0 aliphatic heterocycles. The van der Waals surface area contributed by atoms with E-state index >= 15 is 0 Å². The molecule has 0 unspecified atom stereocenters. The molecule has 1 aromatic rings. The van der Waals surface area contributed by atoms with Crippen LogP contribution in [0, 0.1) is 11.3 Å². The maximum absolute atomic E-state index is 8.21. The van der Waals surface area contributed by atoms with Crippen LogP contribution in [-0.4, -0.2) is 11.2 Å². The van der Waals surface area contributed by atoms with Gasteiger partial charge in [-0.25, -0.2) is 4.98 Å². The minimum atomic E-state index is 0.310. The molecule has 1 heterocycles. The maximum atomic E-state index is 8.21. The minimum absolute atomic E-state index is 0.310. The standard InChI is InChI=1S/C8H8N4/c9-4-1-5-11-7-2-3-8(10)12-6-7/h2-3,5-6H,1H2,(H2,10,12). The van der Waals surface area contributed by atoms with E-state index in [1.54, 1.807) is 18.3 Å². The molecule has 0 aliphatic carbocycles. The Labute approximate surface area is 70.4 Å². The fourth-order valence-corrected chi connectivity index (χ4v) is 0.666. The molecule has 1 aromatic heterocycles. The van der Waals surface area contributed by atoms with Crippen LogP contribution in [0.2, 0.25) is 0 Å². The van der Waals surface area contributed by atoms with Gasteiger partial charge in [0.25, 0.3) is 0 Å². The topological polar surface area (TPSA) is 75.1 Å². The van der Waals surface area contributed by atoms with E-state index in [4.69, 9.17) is 11.0 Å². The van der Waals surface area contributed by atoms with Gasteiger partial charge in [0, 0.05) is 6.21 Å². The molecule has 1 rings (SSSR count). The molecule has 0 radical (unpaired) electrons. The van der Waals surface area contributed by atoms with E-state index in [0.717, 1.165) is 0 Å². The molecule has 2 N–H and O–H groups in total. The Morgan fingerprint density at radius 1 is 1.67 bits per heavy atom. The van der Waals surface area contributed by atoms with Crippen molar-refractivity contribution in [2.24, 2.45) is 4.99 Å². The number of aromatic nitrogens is 1. The van der Waals surface area contributed by atoms with Gasteiger partial charge in [0.15, 0.2) is 0 Å². The van der Waals surface area contributed by atoms with Gasteiger partial charge in [-0.15, -0.1) is 0 Å². The Morgan fingerprint density at radius 3 is 3.08 bits per heavy atom. The van der Waals surface area contributed by atoms with E-state index in [9.17, 15) is 0 Å². The van der Waals surface area contributed by atoms with E-state index in [1.807, 2.05) is 6.07 Å². The van der Waals surface area contributed by atoms with Gasteiger partial charge >= 0.3 is 0 Å². The second-order valence-corrected chi connectivity index (χ2v) is 2.12. The van der Waals surface area contributed by atoms with Crippen molar-refractivity contribution < 1.29 is 0 Å². The molecule has 0 saturated heterocycles. The second-order valence-electron chi connectivity index (χ2n) is 2.12. The van der Waals surface area contributed by atoms with Crippen molar-refractivity contribution in [3.63, 3.8) is 0 Å². The molecular formula is C8H8N4. The molecule has 0 saturated carbocycles. The van der Waals surface area contributed by atoms with Crippen LogP contribution in [-0.2, 0) is 0 Å². The van der Waals surface area contributed by atoms with E-state index < -0.39 is 0 Å². The summed E-state index contributed by atoms with van der Waals surface area (Å²) in [7, 11) is 0. The summed E-state index contributed by atoms with van der Waals surface area (Å²) >= 11 is 0. The molecule has 0 aliphatic rings. The normalized spacial score (nSPS) is 9.92. The fourth-order valence-electron chi connectivity index (χ4n) is 0.666. The highest BCUT2D eigenvalue weighted by molar-refractivity contribution is 5.65. The predicted molar refractivity (Wildman–Crippen MR) is 47.0 cm³/mol. The first-order valence-corrected chi connectivity index (χ1v) is 3.44. The average Bonchev–Trinajstić information content (AvgIpc) is 2.09. The van der Waals surface area contributed by atoms with E-state index in [0.29, 0.717) is 17.9 Å². The van der Waals surface area contributed by atoms with Crippen molar-refractivity contribution in [1.82, 2.24) is 4.98 Å². The Balaban J connectivity index is 2.66. The molecule has 4 heteroatoms. The van der Waals surface area contributed by atoms with Crippen molar-refractivity contribution >= 4 is 17.7 Å². The quantitative estimate of drug-likeness (QED) is 0.662. The zero-order valence-corrected chi connectivity index (χ0v) is 6.44. The van der Waals surface area contributed by atoms with Crippen molar-refractivity contribution in [3.05, 3.63) is 18.3 Å². The van der Waals surface area contributed by atoms with Crippen molar-refractivity contribution in [3.8, 4) is 6.07 Å². The summed E-state index contributed by atoms with van der Waals surface area (Å²) in [6.45, 7) is 0. The summed E-state index contributed by atoms with van der Waals surface area (Å²) in [6, 6.07) is 5.37. The van der Waals surface area contributed by atoms with Crippen LogP contribution in [0.3, 0.4) is 0 Å². The van der Waals surface area contributed by atoms with Crippen molar-refractivity contribution in [1.29, 1.82) is 5.26 Å². The van der Waals surface area contributed by atoms with E-state index in [-0.39, 0.29) is 0 Å². The first-order chi connectivity index (χ1) is 5.83. The maximum Gasteiger partial charge on any atom is 0.123 e. The van der Waals surface area contributed by atoms with Crippen LogP contribution in [0.4, 0.5) is 11.5 Å². The number of hydrogen-bond acceptors (Lipinski definition) is 4. The van der Waals surface area contributed by atoms with Gasteiger partial charge in [0.2, 0.25) is 0 Å². The molecule has 60 valence electrons. The van der Waals surface area contributed by atoms with Crippen LogP contribution >= 0.6 is 0 Å². The zero-order valence-electron chi connectivity index (χ0n) is 6.44. The largest absolute Gasteiger partial charge is 0.384 e. The number of nitriles is 1. The lowest BCUT2D eigenvalue weighted by Crippen LogP contribution is -1.86. The van der Waals surface area contributed by atoms with Gasteiger partial charge in [-0.3, -0.25) is 4.99 Å². The van der Waals surface area contributed by atoms with Crippen LogP contribution in [0.1, 0.15) is 6.42 Å². The lowest BCUT2D eigenvalue weighted by Gasteiger charge is -1.91. The Kier molecular flexibility index (Phi) is 2.79. The van der Waals surface area contributed by atoms with Crippen LogP contribution in [0.5, 0.6) is 0 Å². The third-order valence-corrected chi connectivity index (χ3v) is 1.19. The van der Waals surface area contributed by atoms with Gasteiger partial charge in [0.1, 0.15) is 5.82 Å². The highest BCUT2D eigenvalue weighted by Gasteiger charge is 1.87. The van der Waals surface area contributed by atoms with Crippen molar-refractivity contribution in [2.75, 3.05) is 5.73 Å². The molecule has 0 spiro atoms. The predicted octanol–water partition coefficient (Wildman–Crippen LogP) is 1.28. The number of rotatable bonds is 2. The van der Waals surface area contributed by atoms with Crippen LogP contribution in [0.25, 0.3) is 0 Å². The highest BCUT2D eigenvalue weighted by atomic mass is 14.8. The number of hydrogen-bond donors (Lipinski definition) is 1. The Hall–Kier alpha value is -1.89. The number of pyridine rings is 1. The summed E-state index contributed by atoms with van der Waals surface area (Å²) in [5.41, 5.74) is 6.07. The van der Waals surface area contributed by atoms with Gasteiger partial charge < -0.3 is 5.73 Å². The number of nitrogen functional groups attached to an aromatic ring is 1. The third-order valence-electron chi connectivity index (χ3n) is 1.19. The SMILES string of the molecule is N#CCC=Nc1ccc(N)nc1. The van der Waals surface area contributed by atoms with Crippen molar-refractivity contribution in [2.45, 2.75) is 6.42 Å². The fraction of sp³-hybridized carbons (Fsp3) is 0.125. The number of anilines is 1. The lowest BCUT2D eigenvalue weighted by atomic mass is 10.4. The lowest BCUT2D eigenvalue weighted by molar-refractivity contribution is 1.31. The molecule has 0 amide bonds. The first-order valence-electron chi connectivity index (χ1n) is 3.44. The van der Waals surface area contributed by atoms with Gasteiger partial charge in [-0.05, 0) is 12.1 Å². The summed E-state index contributed by atoms with van der Waals surface area (Å²) < 4.78 is 0. The Bertz CT molecular complexity index is 307. The summed E-state index contributed by atoms with van der Waals surface area (Å²) in [4.78, 5) is 7.81. The first kappa shape index (κ1) is 8.21. The monoisotopic (exact) mass is 160 g/mol. The van der Waals surface area contributed by atoms with Gasteiger partial charge in [-0.1, -0.05) is 0 Å². The number of nitrogens with zero attached hydrogens (tertiary/aromatic N) is 3. The zero-order chi connectivity index (χ0) is 8.81. The molecule has 0 aromatic carbocycles. The summed E-state index contributed by atoms with van der Waals surface area (Å²) in [5, 5.41) is 8.21. The molecule has 4 nitrogen and oxygen atoms in total. The van der Waals surface area contributed by atoms with Gasteiger partial charge in [-0.2, -0.15) is 5.26 Å². The van der Waals surface area contributed by atoms with Crippen LogP contribution in [0.15, 0.2) is 23.3 Å². The highest BCUT2D eigenvalue weighted by Crippen LogP contribution is 2.09. The molecule has 0 fully saturated rings. The summed E-state index contributed by atoms with van der Waals surface area (Å²) in [5.74, 6) is 0.467.